The van der Waals surface area contributed by atoms with Crippen molar-refractivity contribution >= 4 is 27.5 Å². The quantitative estimate of drug-likeness (QED) is 0.240. The molecule has 0 aliphatic heterocycles. The highest BCUT2D eigenvalue weighted by Gasteiger charge is 2.21. The number of aryl methyl sites for hydroxylation is 1. The number of nitro benzene ring substituents is 1. The van der Waals surface area contributed by atoms with Crippen molar-refractivity contribution in [2.75, 3.05) is 14.2 Å². The Hall–Kier alpha value is -4.46. The second-order valence-electron chi connectivity index (χ2n) is 7.76. The first-order valence-electron chi connectivity index (χ1n) is 10.8. The summed E-state index contributed by atoms with van der Waals surface area (Å²) < 4.78 is 13.0. The molecule has 5 rings (SSSR count). The Morgan fingerprint density at radius 2 is 1.59 bits per heavy atom. The zero-order valence-corrected chi connectivity index (χ0v) is 19.0. The van der Waals surface area contributed by atoms with Gasteiger partial charge in [0.2, 0.25) is 0 Å². The van der Waals surface area contributed by atoms with Gasteiger partial charge in [0, 0.05) is 28.5 Å². The minimum Gasteiger partial charge on any atom is -0.493 e. The van der Waals surface area contributed by atoms with Gasteiger partial charge in [-0.15, -0.1) is 0 Å². The van der Waals surface area contributed by atoms with Crippen LogP contribution in [0.3, 0.4) is 0 Å². The Kier molecular flexibility index (Phi) is 5.33. The van der Waals surface area contributed by atoms with Crippen LogP contribution in [-0.4, -0.2) is 33.9 Å². The largest absolute Gasteiger partial charge is 0.493 e. The summed E-state index contributed by atoms with van der Waals surface area (Å²) in [5.41, 5.74) is 3.97. The van der Waals surface area contributed by atoms with Crippen molar-refractivity contribution in [3.63, 3.8) is 0 Å². The minimum atomic E-state index is -0.412. The molecule has 5 aromatic rings. The fraction of sp³-hybridized carbons (Fsp3) is 0.154. The molecule has 34 heavy (non-hydrogen) atoms. The number of hydrogen-bond donors (Lipinski definition) is 0. The monoisotopic (exact) mass is 454 g/mol. The molecule has 0 radical (unpaired) electrons. The molecular weight excluding hydrogens is 432 g/mol. The van der Waals surface area contributed by atoms with Crippen LogP contribution in [0.2, 0.25) is 0 Å². The molecule has 0 spiro atoms. The number of nitrogens with zero attached hydrogens (tertiary/aromatic N) is 4. The maximum absolute atomic E-state index is 11.2. The van der Waals surface area contributed by atoms with Gasteiger partial charge < -0.3 is 9.47 Å². The highest BCUT2D eigenvalue weighted by Crippen LogP contribution is 2.41. The van der Waals surface area contributed by atoms with Crippen LogP contribution in [0.25, 0.3) is 38.8 Å². The van der Waals surface area contributed by atoms with E-state index in [2.05, 4.69) is 6.92 Å². The molecule has 0 fully saturated rings. The first kappa shape index (κ1) is 21.4. The fourth-order valence-electron chi connectivity index (χ4n) is 4.24. The predicted molar refractivity (Wildman–Crippen MR) is 131 cm³/mol. The van der Waals surface area contributed by atoms with Crippen LogP contribution < -0.4 is 9.47 Å². The van der Waals surface area contributed by atoms with Crippen molar-refractivity contribution in [3.8, 4) is 28.4 Å². The van der Waals surface area contributed by atoms with Gasteiger partial charge in [-0.25, -0.2) is 9.67 Å². The Morgan fingerprint density at radius 1 is 0.941 bits per heavy atom. The molecule has 170 valence electrons. The molecule has 8 nitrogen and oxygen atoms in total. The maximum atomic E-state index is 11.2. The first-order valence-corrected chi connectivity index (χ1v) is 10.8. The highest BCUT2D eigenvalue weighted by atomic mass is 16.6. The number of methoxy groups -OCH3 is 2. The molecule has 0 aliphatic carbocycles. The summed E-state index contributed by atoms with van der Waals surface area (Å²) in [6.45, 7) is 2.06. The van der Waals surface area contributed by atoms with Crippen molar-refractivity contribution in [1.29, 1.82) is 0 Å². The van der Waals surface area contributed by atoms with Gasteiger partial charge in [-0.2, -0.15) is 5.10 Å². The lowest BCUT2D eigenvalue weighted by molar-refractivity contribution is -0.384. The molecule has 0 saturated heterocycles. The van der Waals surface area contributed by atoms with E-state index in [4.69, 9.17) is 19.6 Å². The highest BCUT2D eigenvalue weighted by molar-refractivity contribution is 6.12. The second kappa shape index (κ2) is 8.47. The van der Waals surface area contributed by atoms with Crippen LogP contribution >= 0.6 is 0 Å². The average Bonchev–Trinajstić information content (AvgIpc) is 3.26. The Bertz CT molecular complexity index is 1530. The average molecular weight is 454 g/mol. The summed E-state index contributed by atoms with van der Waals surface area (Å²) in [6, 6.07) is 20.1. The molecule has 0 aliphatic rings. The van der Waals surface area contributed by atoms with E-state index in [1.807, 2.05) is 47.1 Å². The van der Waals surface area contributed by atoms with E-state index in [1.165, 1.54) is 12.1 Å². The number of non-ortho nitro benzene ring substituents is 1. The van der Waals surface area contributed by atoms with Gasteiger partial charge in [0.05, 0.1) is 41.6 Å². The summed E-state index contributed by atoms with van der Waals surface area (Å²) in [6.07, 6.45) is 0.721. The Labute approximate surface area is 195 Å². The third-order valence-corrected chi connectivity index (χ3v) is 5.89. The van der Waals surface area contributed by atoms with E-state index in [9.17, 15) is 10.1 Å². The van der Waals surface area contributed by atoms with Gasteiger partial charge >= 0.3 is 0 Å². The topological polar surface area (TPSA) is 92.3 Å². The fourth-order valence-corrected chi connectivity index (χ4v) is 4.24. The first-order chi connectivity index (χ1) is 16.5. The number of hydrogen-bond acceptors (Lipinski definition) is 6. The summed E-state index contributed by atoms with van der Waals surface area (Å²) >= 11 is 0. The van der Waals surface area contributed by atoms with Crippen molar-refractivity contribution in [3.05, 3.63) is 82.5 Å². The SMILES string of the molecule is CCc1nn(-c2ccccc2)c2nc(-c3ccc([N+](=O)[O-])cc3)c3cc(OC)c(OC)cc3c12. The van der Waals surface area contributed by atoms with Crippen molar-refractivity contribution < 1.29 is 14.4 Å². The van der Waals surface area contributed by atoms with Crippen LogP contribution in [0.5, 0.6) is 11.5 Å². The zero-order valence-electron chi connectivity index (χ0n) is 19.0. The zero-order chi connectivity index (χ0) is 23.8. The number of ether oxygens (including phenoxy) is 2. The number of fused-ring (bicyclic) bond motifs is 3. The molecule has 8 heteroatoms. The molecular formula is C26H22N4O4. The summed E-state index contributed by atoms with van der Waals surface area (Å²) in [5, 5.41) is 18.8. The third kappa shape index (κ3) is 3.40. The van der Waals surface area contributed by atoms with E-state index >= 15 is 0 Å². The van der Waals surface area contributed by atoms with Gasteiger partial charge in [-0.05, 0) is 42.8 Å². The molecule has 0 amide bonds. The van der Waals surface area contributed by atoms with E-state index in [1.54, 1.807) is 26.4 Å². The standard InChI is InChI=1S/C26H22N4O4/c1-4-21-24-19-14-22(33-2)23(34-3)15-20(19)25(16-10-12-18(13-11-16)30(31)32)27-26(24)29(28-21)17-8-6-5-7-9-17/h5-15H,4H2,1-3H3. The van der Waals surface area contributed by atoms with E-state index < -0.39 is 4.92 Å². The lowest BCUT2D eigenvalue weighted by Gasteiger charge is -2.14. The van der Waals surface area contributed by atoms with E-state index in [0.717, 1.165) is 39.5 Å². The third-order valence-electron chi connectivity index (χ3n) is 5.89. The number of aromatic nitrogens is 3. The van der Waals surface area contributed by atoms with Gasteiger partial charge in [0.25, 0.3) is 5.69 Å². The number of benzene rings is 3. The smallest absolute Gasteiger partial charge is 0.269 e. The van der Waals surface area contributed by atoms with Gasteiger partial charge in [-0.1, -0.05) is 25.1 Å². The summed E-state index contributed by atoms with van der Waals surface area (Å²) in [5.74, 6) is 1.18. The number of para-hydroxylation sites is 1. The molecule has 0 N–H and O–H groups in total. The Morgan fingerprint density at radius 3 is 2.18 bits per heavy atom. The minimum absolute atomic E-state index is 0.0241. The molecule has 0 saturated carbocycles. The number of rotatable bonds is 6. The van der Waals surface area contributed by atoms with Crippen LogP contribution in [0.4, 0.5) is 5.69 Å². The second-order valence-corrected chi connectivity index (χ2v) is 7.76. The lowest BCUT2D eigenvalue weighted by atomic mass is 9.99. The maximum Gasteiger partial charge on any atom is 0.269 e. The van der Waals surface area contributed by atoms with Crippen molar-refractivity contribution in [2.45, 2.75) is 13.3 Å². The normalized spacial score (nSPS) is 11.1. The van der Waals surface area contributed by atoms with Gasteiger partial charge in [0.15, 0.2) is 17.1 Å². The van der Waals surface area contributed by atoms with Gasteiger partial charge in [-0.3, -0.25) is 10.1 Å². The Balaban J connectivity index is 1.91. The molecule has 0 unspecified atom stereocenters. The number of pyridine rings is 1. The predicted octanol–water partition coefficient (Wildman–Crippen LogP) is 5.73. The van der Waals surface area contributed by atoms with Crippen LogP contribution in [0, 0.1) is 10.1 Å². The molecule has 0 bridgehead atoms. The van der Waals surface area contributed by atoms with E-state index in [-0.39, 0.29) is 5.69 Å². The summed E-state index contributed by atoms with van der Waals surface area (Å²) in [7, 11) is 3.19. The molecule has 0 atom stereocenters. The molecule has 3 aromatic carbocycles. The summed E-state index contributed by atoms with van der Waals surface area (Å²) in [4.78, 5) is 15.8. The molecule has 2 aromatic heterocycles. The van der Waals surface area contributed by atoms with Crippen molar-refractivity contribution in [2.24, 2.45) is 0 Å². The molecule has 2 heterocycles. The van der Waals surface area contributed by atoms with Crippen LogP contribution in [-0.2, 0) is 6.42 Å². The lowest BCUT2D eigenvalue weighted by Crippen LogP contribution is -1.99. The van der Waals surface area contributed by atoms with Crippen LogP contribution in [0.1, 0.15) is 12.6 Å². The van der Waals surface area contributed by atoms with Crippen LogP contribution in [0.15, 0.2) is 66.7 Å². The van der Waals surface area contributed by atoms with Crippen molar-refractivity contribution in [1.82, 2.24) is 14.8 Å². The van der Waals surface area contributed by atoms with Gasteiger partial charge in [0.1, 0.15) is 0 Å². The van der Waals surface area contributed by atoms with E-state index in [0.29, 0.717) is 22.8 Å². The number of nitro groups is 1.